The van der Waals surface area contributed by atoms with Gasteiger partial charge >= 0.3 is 17.9 Å². The Hall–Kier alpha value is -3.88. The van der Waals surface area contributed by atoms with Gasteiger partial charge in [-0.3, -0.25) is 9.59 Å². The number of ether oxygens (including phenoxy) is 4. The molecule has 0 aromatic heterocycles. The van der Waals surface area contributed by atoms with Crippen LogP contribution < -0.4 is 10.1 Å². The summed E-state index contributed by atoms with van der Waals surface area (Å²) >= 11 is 0. The number of carbonyl (C=O) groups excluding carboxylic acids is 4. The first-order valence-corrected chi connectivity index (χ1v) is 16.4. The average Bonchev–Trinajstić information content (AvgIpc) is 2.98. The molecule has 254 valence electrons. The van der Waals surface area contributed by atoms with Crippen molar-refractivity contribution in [1.29, 1.82) is 0 Å². The minimum absolute atomic E-state index is 0.0115. The van der Waals surface area contributed by atoms with Crippen molar-refractivity contribution in [3.63, 3.8) is 0 Å². The van der Waals surface area contributed by atoms with Crippen LogP contribution in [0.15, 0.2) is 54.6 Å². The van der Waals surface area contributed by atoms with Gasteiger partial charge in [-0.2, -0.15) is 0 Å². The van der Waals surface area contributed by atoms with E-state index in [0.717, 1.165) is 49.8 Å². The molecule has 0 fully saturated rings. The summed E-state index contributed by atoms with van der Waals surface area (Å²) < 4.78 is 22.0. The molecule has 46 heavy (non-hydrogen) atoms. The van der Waals surface area contributed by atoms with Crippen molar-refractivity contribution in [2.24, 2.45) is 0 Å². The van der Waals surface area contributed by atoms with Crippen LogP contribution in [0.1, 0.15) is 122 Å². The second-order valence-electron chi connectivity index (χ2n) is 13.4. The van der Waals surface area contributed by atoms with E-state index in [1.54, 1.807) is 45.0 Å². The zero-order valence-corrected chi connectivity index (χ0v) is 28.5. The van der Waals surface area contributed by atoms with Gasteiger partial charge < -0.3 is 24.3 Å². The summed E-state index contributed by atoms with van der Waals surface area (Å²) in [6, 6.07) is 15.4. The van der Waals surface area contributed by atoms with E-state index in [1.807, 2.05) is 51.1 Å². The van der Waals surface area contributed by atoms with Crippen molar-refractivity contribution < 1.29 is 38.1 Å². The first-order chi connectivity index (χ1) is 21.7. The third-order valence-electron chi connectivity index (χ3n) is 6.71. The topological polar surface area (TPSA) is 117 Å². The van der Waals surface area contributed by atoms with E-state index in [4.69, 9.17) is 18.9 Å². The highest BCUT2D eigenvalue weighted by molar-refractivity contribution is 5.89. The number of amides is 1. The van der Waals surface area contributed by atoms with Crippen LogP contribution in [0.25, 0.3) is 0 Å². The van der Waals surface area contributed by atoms with Gasteiger partial charge in [-0.1, -0.05) is 62.4 Å². The lowest BCUT2D eigenvalue weighted by molar-refractivity contribution is -0.159. The molecule has 0 aliphatic heterocycles. The molecule has 2 aromatic carbocycles. The molecule has 0 aliphatic carbocycles. The number of carbonyl (C=O) groups is 4. The van der Waals surface area contributed by atoms with Crippen LogP contribution in [0.3, 0.4) is 0 Å². The lowest BCUT2D eigenvalue weighted by Crippen LogP contribution is -2.44. The van der Waals surface area contributed by atoms with E-state index in [0.29, 0.717) is 25.0 Å². The highest BCUT2D eigenvalue weighted by Gasteiger charge is 2.27. The van der Waals surface area contributed by atoms with E-state index < -0.39 is 29.2 Å². The van der Waals surface area contributed by atoms with Gasteiger partial charge in [0.25, 0.3) is 0 Å². The molecule has 0 aliphatic rings. The summed E-state index contributed by atoms with van der Waals surface area (Å²) in [7, 11) is 0. The maximum absolute atomic E-state index is 12.8. The van der Waals surface area contributed by atoms with Gasteiger partial charge in [-0.05, 0) is 90.6 Å². The highest BCUT2D eigenvalue weighted by atomic mass is 16.6. The monoisotopic (exact) mass is 639 g/mol. The maximum atomic E-state index is 12.8. The summed E-state index contributed by atoms with van der Waals surface area (Å²) in [6.07, 6.45) is 7.17. The van der Waals surface area contributed by atoms with Crippen molar-refractivity contribution in [1.82, 2.24) is 5.32 Å². The Morgan fingerprint density at radius 1 is 0.696 bits per heavy atom. The van der Waals surface area contributed by atoms with Crippen molar-refractivity contribution in [3.8, 4) is 5.75 Å². The van der Waals surface area contributed by atoms with Crippen molar-refractivity contribution in [2.45, 2.75) is 130 Å². The summed E-state index contributed by atoms with van der Waals surface area (Å²) in [4.78, 5) is 49.8. The number of esters is 3. The van der Waals surface area contributed by atoms with Gasteiger partial charge in [0.05, 0.1) is 12.2 Å². The first-order valence-electron chi connectivity index (χ1n) is 16.4. The number of hydrogen-bond donors (Lipinski definition) is 1. The molecule has 9 nitrogen and oxygen atoms in total. The SMILES string of the molecule is CC(C)(C)OC(=O)c1ccc(OCCCCCCCCCC(=O)NC(CCC(=O)OCc2ccccc2)C(=O)OC(C)(C)C)cc1. The molecule has 2 aromatic rings. The van der Waals surface area contributed by atoms with Gasteiger partial charge in [0.15, 0.2) is 0 Å². The average molecular weight is 640 g/mol. The number of benzene rings is 2. The number of unbranched alkanes of at least 4 members (excludes halogenated alkanes) is 6. The Morgan fingerprint density at radius 2 is 1.28 bits per heavy atom. The zero-order chi connectivity index (χ0) is 34.0. The quantitative estimate of drug-likeness (QED) is 0.0955. The molecule has 9 heteroatoms. The third-order valence-corrected chi connectivity index (χ3v) is 6.71. The van der Waals surface area contributed by atoms with E-state index in [2.05, 4.69) is 5.32 Å². The van der Waals surface area contributed by atoms with Crippen LogP contribution in [0.5, 0.6) is 5.75 Å². The van der Waals surface area contributed by atoms with Crippen LogP contribution in [0, 0.1) is 0 Å². The molecule has 0 spiro atoms. The number of nitrogens with one attached hydrogen (secondary N) is 1. The Balaban J connectivity index is 1.60. The fourth-order valence-electron chi connectivity index (χ4n) is 4.45. The fraction of sp³-hybridized carbons (Fsp3) is 0.568. The summed E-state index contributed by atoms with van der Waals surface area (Å²) in [6.45, 7) is 11.6. The van der Waals surface area contributed by atoms with E-state index in [9.17, 15) is 19.2 Å². The molecule has 1 N–H and O–H groups in total. The molecule has 1 atom stereocenters. The number of rotatable bonds is 19. The molecule has 1 amide bonds. The van der Waals surface area contributed by atoms with Gasteiger partial charge in [0.2, 0.25) is 5.91 Å². The molecule has 0 radical (unpaired) electrons. The van der Waals surface area contributed by atoms with E-state index in [1.165, 1.54) is 0 Å². The molecule has 0 saturated carbocycles. The minimum Gasteiger partial charge on any atom is -0.494 e. The summed E-state index contributed by atoms with van der Waals surface area (Å²) in [5, 5.41) is 2.77. The van der Waals surface area contributed by atoms with Crippen molar-refractivity contribution >= 4 is 23.8 Å². The zero-order valence-electron chi connectivity index (χ0n) is 28.5. The van der Waals surface area contributed by atoms with Gasteiger partial charge in [-0.25, -0.2) is 9.59 Å². The van der Waals surface area contributed by atoms with Crippen LogP contribution in [-0.4, -0.2) is 47.7 Å². The molecular weight excluding hydrogens is 586 g/mol. The smallest absolute Gasteiger partial charge is 0.338 e. The summed E-state index contributed by atoms with van der Waals surface area (Å²) in [5.41, 5.74) is 0.132. The largest absolute Gasteiger partial charge is 0.494 e. The molecule has 2 rings (SSSR count). The Kier molecular flexibility index (Phi) is 16.3. The van der Waals surface area contributed by atoms with Crippen molar-refractivity contribution in [3.05, 3.63) is 65.7 Å². The van der Waals surface area contributed by atoms with E-state index in [-0.39, 0.29) is 31.3 Å². The van der Waals surface area contributed by atoms with E-state index >= 15 is 0 Å². The summed E-state index contributed by atoms with van der Waals surface area (Å²) in [5.74, 6) is -0.850. The van der Waals surface area contributed by atoms with Crippen LogP contribution in [-0.2, 0) is 35.2 Å². The number of hydrogen-bond acceptors (Lipinski definition) is 8. The molecule has 0 saturated heterocycles. The first kappa shape index (κ1) is 38.3. The Labute approximate surface area is 274 Å². The lowest BCUT2D eigenvalue weighted by atomic mass is 10.1. The maximum Gasteiger partial charge on any atom is 0.338 e. The van der Waals surface area contributed by atoms with Crippen LogP contribution in [0.2, 0.25) is 0 Å². The highest BCUT2D eigenvalue weighted by Crippen LogP contribution is 2.17. The standard InChI is InChI=1S/C37H53NO8/c1-36(2,3)45-34(41)29-20-22-30(23-21-29)43-26-16-11-9-7-8-10-15-19-32(39)38-31(35(42)46-37(4,5)6)24-25-33(40)44-27-28-17-13-12-14-18-28/h12-14,17-18,20-23,31H,7-11,15-16,19,24-27H2,1-6H3,(H,38,39). The lowest BCUT2D eigenvalue weighted by Gasteiger charge is -2.24. The normalized spacial score (nSPS) is 12.1. The Morgan fingerprint density at radius 3 is 1.89 bits per heavy atom. The molecular formula is C37H53NO8. The molecule has 0 heterocycles. The second kappa shape index (κ2) is 19.6. The van der Waals surface area contributed by atoms with Gasteiger partial charge in [0, 0.05) is 12.8 Å². The van der Waals surface area contributed by atoms with Crippen LogP contribution >= 0.6 is 0 Å². The predicted octanol–water partition coefficient (Wildman–Crippen LogP) is 7.49. The van der Waals surface area contributed by atoms with Crippen LogP contribution in [0.4, 0.5) is 0 Å². The minimum atomic E-state index is -0.916. The fourth-order valence-corrected chi connectivity index (χ4v) is 4.45. The predicted molar refractivity (Wildman–Crippen MR) is 177 cm³/mol. The molecule has 1 unspecified atom stereocenters. The Bertz CT molecular complexity index is 1210. The second-order valence-corrected chi connectivity index (χ2v) is 13.4. The third kappa shape index (κ3) is 17.6. The van der Waals surface area contributed by atoms with Gasteiger partial charge in [0.1, 0.15) is 29.6 Å². The van der Waals surface area contributed by atoms with Crippen molar-refractivity contribution in [2.75, 3.05) is 6.61 Å². The molecule has 0 bridgehead atoms. The van der Waals surface area contributed by atoms with Gasteiger partial charge in [-0.15, -0.1) is 0 Å².